The van der Waals surface area contributed by atoms with Crippen molar-refractivity contribution in [2.45, 2.75) is 64.0 Å². The van der Waals surface area contributed by atoms with Gasteiger partial charge >= 0.3 is 6.03 Å². The minimum atomic E-state index is -0.674. The molecule has 6 nitrogen and oxygen atoms in total. The first-order valence-corrected chi connectivity index (χ1v) is 11.2. The van der Waals surface area contributed by atoms with Crippen molar-refractivity contribution < 1.29 is 9.59 Å². The van der Waals surface area contributed by atoms with Crippen LogP contribution in [0.25, 0.3) is 0 Å². The van der Waals surface area contributed by atoms with Crippen molar-refractivity contribution in [2.75, 3.05) is 31.7 Å². The Hall–Kier alpha value is -2.08. The van der Waals surface area contributed by atoms with E-state index >= 15 is 0 Å². The molecule has 3 fully saturated rings. The molecule has 1 aliphatic carbocycles. The molecule has 2 aliphatic heterocycles. The van der Waals surface area contributed by atoms with E-state index < -0.39 is 5.54 Å². The summed E-state index contributed by atoms with van der Waals surface area (Å²) >= 11 is 0. The Balaban J connectivity index is 1.36. The van der Waals surface area contributed by atoms with Crippen molar-refractivity contribution in [3.63, 3.8) is 0 Å². The third-order valence-electron chi connectivity index (χ3n) is 6.99. The maximum atomic E-state index is 13.1. The van der Waals surface area contributed by atoms with Gasteiger partial charge in [-0.1, -0.05) is 31.9 Å². The first kappa shape index (κ1) is 20.2. The van der Waals surface area contributed by atoms with Gasteiger partial charge in [0.05, 0.1) is 6.67 Å². The lowest BCUT2D eigenvalue weighted by molar-refractivity contribution is -0.135. The van der Waals surface area contributed by atoms with Crippen molar-refractivity contribution in [1.29, 1.82) is 0 Å². The van der Waals surface area contributed by atoms with Gasteiger partial charge in [-0.15, -0.1) is 0 Å². The zero-order valence-electron chi connectivity index (χ0n) is 17.8. The van der Waals surface area contributed by atoms with Gasteiger partial charge in [-0.05, 0) is 62.8 Å². The van der Waals surface area contributed by atoms with Crippen LogP contribution in [0.2, 0.25) is 0 Å². The number of urea groups is 1. The average Bonchev–Trinajstić information content (AvgIpc) is 2.96. The van der Waals surface area contributed by atoms with Gasteiger partial charge in [-0.25, -0.2) is 9.69 Å². The quantitative estimate of drug-likeness (QED) is 0.771. The number of hydrogen-bond donors (Lipinski definition) is 1. The van der Waals surface area contributed by atoms with Crippen LogP contribution in [0.1, 0.15) is 57.4 Å². The van der Waals surface area contributed by atoms with E-state index in [9.17, 15) is 9.59 Å². The number of nitrogens with zero attached hydrogens (tertiary/aromatic N) is 3. The van der Waals surface area contributed by atoms with Crippen molar-refractivity contribution in [2.24, 2.45) is 5.92 Å². The third kappa shape index (κ3) is 4.00. The first-order chi connectivity index (χ1) is 14.0. The second kappa shape index (κ2) is 8.34. The van der Waals surface area contributed by atoms with Crippen LogP contribution >= 0.6 is 0 Å². The normalized spacial score (nSPS) is 27.8. The summed E-state index contributed by atoms with van der Waals surface area (Å²) in [7, 11) is 1.97. The fourth-order valence-electron chi connectivity index (χ4n) is 5.19. The first-order valence-electron chi connectivity index (χ1n) is 11.2. The summed E-state index contributed by atoms with van der Waals surface area (Å²) in [5.74, 6) is 0.160. The summed E-state index contributed by atoms with van der Waals surface area (Å²) in [5, 5.41) is 3.04. The molecule has 1 spiro atoms. The Morgan fingerprint density at radius 1 is 1.07 bits per heavy atom. The van der Waals surface area contributed by atoms with Gasteiger partial charge in [0, 0.05) is 25.3 Å². The summed E-state index contributed by atoms with van der Waals surface area (Å²) in [6.45, 7) is 5.42. The van der Waals surface area contributed by atoms with Crippen LogP contribution in [0, 0.1) is 5.92 Å². The van der Waals surface area contributed by atoms with Gasteiger partial charge in [0.15, 0.2) is 0 Å². The summed E-state index contributed by atoms with van der Waals surface area (Å²) in [5.41, 5.74) is 1.81. The topological polar surface area (TPSA) is 55.9 Å². The fourth-order valence-corrected chi connectivity index (χ4v) is 5.19. The molecular weight excluding hydrogens is 364 g/mol. The molecule has 2 saturated heterocycles. The number of carbonyl (C=O) groups excluding carboxylic acids is 2. The van der Waals surface area contributed by atoms with Crippen molar-refractivity contribution >= 4 is 17.6 Å². The average molecular weight is 399 g/mol. The van der Waals surface area contributed by atoms with Crippen LogP contribution in [-0.4, -0.2) is 54.1 Å². The van der Waals surface area contributed by atoms with E-state index in [4.69, 9.17) is 0 Å². The molecule has 1 saturated carbocycles. The molecular formula is C23H34N4O2. The van der Waals surface area contributed by atoms with Crippen molar-refractivity contribution in [3.05, 3.63) is 29.8 Å². The molecule has 2 atom stereocenters. The van der Waals surface area contributed by atoms with Gasteiger partial charge < -0.3 is 10.2 Å². The molecule has 0 radical (unpaired) electrons. The van der Waals surface area contributed by atoms with Crippen LogP contribution in [0.5, 0.6) is 0 Å². The number of anilines is 1. The Kier molecular flexibility index (Phi) is 5.81. The highest BCUT2D eigenvalue weighted by Crippen LogP contribution is 2.38. The number of hydrogen-bond acceptors (Lipinski definition) is 4. The minimum Gasteiger partial charge on any atom is -0.372 e. The van der Waals surface area contributed by atoms with Crippen LogP contribution in [0.15, 0.2) is 24.3 Å². The lowest BCUT2D eigenvalue weighted by Gasteiger charge is -2.37. The maximum absolute atomic E-state index is 13.1. The number of benzene rings is 1. The third-order valence-corrected chi connectivity index (χ3v) is 6.99. The van der Waals surface area contributed by atoms with Gasteiger partial charge in [0.25, 0.3) is 5.91 Å². The molecule has 1 aromatic carbocycles. The SMILES string of the molecule is C[C@@H]1CCCC[C@@]12NC(=O)N(CN(C)Cc1ccc(N3CCCCC3)cc1)C2=O. The van der Waals surface area contributed by atoms with Crippen LogP contribution < -0.4 is 10.2 Å². The molecule has 158 valence electrons. The van der Waals surface area contributed by atoms with Crippen LogP contribution in [-0.2, 0) is 11.3 Å². The van der Waals surface area contributed by atoms with E-state index in [1.54, 1.807) is 0 Å². The Morgan fingerprint density at radius 3 is 2.48 bits per heavy atom. The summed E-state index contributed by atoms with van der Waals surface area (Å²) in [4.78, 5) is 31.6. The monoisotopic (exact) mass is 398 g/mol. The summed E-state index contributed by atoms with van der Waals surface area (Å²) in [6.07, 6.45) is 7.79. The molecule has 1 aromatic rings. The molecule has 3 aliphatic rings. The highest BCUT2D eigenvalue weighted by atomic mass is 16.2. The molecule has 2 heterocycles. The van der Waals surface area contributed by atoms with Gasteiger partial charge in [0.1, 0.15) is 5.54 Å². The van der Waals surface area contributed by atoms with Gasteiger partial charge in [0.2, 0.25) is 0 Å². The molecule has 3 amide bonds. The molecule has 1 N–H and O–H groups in total. The van der Waals surface area contributed by atoms with E-state index in [1.807, 2.05) is 11.9 Å². The van der Waals surface area contributed by atoms with E-state index in [-0.39, 0.29) is 17.9 Å². The summed E-state index contributed by atoms with van der Waals surface area (Å²) < 4.78 is 0. The second-order valence-corrected chi connectivity index (χ2v) is 9.15. The minimum absolute atomic E-state index is 0.0398. The standard InChI is InChI=1S/C23H34N4O2/c1-18-8-4-5-13-23(18)21(28)27(22(29)24-23)17-25(2)16-19-9-11-20(12-10-19)26-14-6-3-7-15-26/h9-12,18H,3-8,13-17H2,1-2H3,(H,24,29)/t18-,23-/m1/s1. The predicted molar refractivity (Wildman–Crippen MR) is 115 cm³/mol. The highest BCUT2D eigenvalue weighted by Gasteiger charge is 2.54. The number of piperidine rings is 1. The Bertz CT molecular complexity index is 744. The number of amides is 3. The van der Waals surface area contributed by atoms with Gasteiger partial charge in [-0.2, -0.15) is 0 Å². The van der Waals surface area contributed by atoms with Crippen molar-refractivity contribution in [1.82, 2.24) is 15.1 Å². The number of nitrogens with one attached hydrogen (secondary N) is 1. The van der Waals surface area contributed by atoms with E-state index in [0.717, 1.165) is 38.8 Å². The van der Waals surface area contributed by atoms with Crippen molar-refractivity contribution in [3.8, 4) is 0 Å². The predicted octanol–water partition coefficient (Wildman–Crippen LogP) is 3.57. The lowest BCUT2D eigenvalue weighted by atomic mass is 9.73. The highest BCUT2D eigenvalue weighted by molar-refractivity contribution is 6.07. The fraction of sp³-hybridized carbons (Fsp3) is 0.652. The zero-order valence-corrected chi connectivity index (χ0v) is 17.8. The molecule has 6 heteroatoms. The molecule has 0 bridgehead atoms. The van der Waals surface area contributed by atoms with E-state index in [2.05, 4.69) is 41.4 Å². The number of imide groups is 1. The smallest absolute Gasteiger partial charge is 0.326 e. The lowest BCUT2D eigenvalue weighted by Crippen LogP contribution is -2.54. The molecule has 29 heavy (non-hydrogen) atoms. The maximum Gasteiger partial charge on any atom is 0.326 e. The van der Waals surface area contributed by atoms with E-state index in [1.165, 1.54) is 35.4 Å². The molecule has 0 aromatic heterocycles. The Labute approximate surface area is 174 Å². The molecule has 4 rings (SSSR count). The largest absolute Gasteiger partial charge is 0.372 e. The van der Waals surface area contributed by atoms with Gasteiger partial charge in [-0.3, -0.25) is 9.69 Å². The second-order valence-electron chi connectivity index (χ2n) is 9.15. The zero-order chi connectivity index (χ0) is 20.4. The molecule has 0 unspecified atom stereocenters. The van der Waals surface area contributed by atoms with E-state index in [0.29, 0.717) is 13.2 Å². The van der Waals surface area contributed by atoms with Crippen LogP contribution in [0.4, 0.5) is 10.5 Å². The summed E-state index contributed by atoms with van der Waals surface area (Å²) in [6, 6.07) is 8.48. The Morgan fingerprint density at radius 2 is 1.79 bits per heavy atom. The van der Waals surface area contributed by atoms with Crippen LogP contribution in [0.3, 0.4) is 0 Å². The number of carbonyl (C=O) groups is 2. The number of rotatable bonds is 5.